The molecule has 111 valence electrons. The molecule has 0 spiro atoms. The molecule has 0 N–H and O–H groups in total. The number of halogens is 1. The Morgan fingerprint density at radius 2 is 2.00 bits per heavy atom. The molecule has 3 rings (SSSR count). The van der Waals surface area contributed by atoms with Crippen LogP contribution in [0.1, 0.15) is 11.1 Å². The van der Waals surface area contributed by atoms with Crippen molar-refractivity contribution < 1.29 is 0 Å². The van der Waals surface area contributed by atoms with Gasteiger partial charge in [0.25, 0.3) is 0 Å². The Morgan fingerprint density at radius 3 is 2.74 bits per heavy atom. The molecule has 0 aliphatic rings. The summed E-state index contributed by atoms with van der Waals surface area (Å²) in [5.41, 5.74) is 2.28. The van der Waals surface area contributed by atoms with Crippen LogP contribution in [0.4, 0.5) is 0 Å². The quantitative estimate of drug-likeness (QED) is 0.328. The summed E-state index contributed by atoms with van der Waals surface area (Å²) >= 11 is 6.07. The average Bonchev–Trinajstić information content (AvgIpc) is 2.94. The van der Waals surface area contributed by atoms with Crippen molar-refractivity contribution in [3.8, 4) is 6.07 Å². The Labute approximate surface area is 163 Å². The first-order valence-electron chi connectivity index (χ1n) is 7.08. The number of nitrogens with zero attached hydrogens (tertiary/aromatic N) is 2. The SMILES string of the molecule is N#CC(Cc1ccc2sc(Br)cc2c1)N=[C]([Pb])c1ccccc1. The monoisotopic (exact) mass is 575 g/mol. The number of hydrogen-bond donors (Lipinski definition) is 0. The Morgan fingerprint density at radius 1 is 1.22 bits per heavy atom. The summed E-state index contributed by atoms with van der Waals surface area (Å²) in [5, 5.41) is 10.7. The van der Waals surface area contributed by atoms with Crippen molar-refractivity contribution in [2.75, 3.05) is 0 Å². The van der Waals surface area contributed by atoms with Crippen molar-refractivity contribution >= 4 is 66.4 Å². The van der Waals surface area contributed by atoms with Crippen LogP contribution in [0, 0.1) is 11.3 Å². The summed E-state index contributed by atoms with van der Waals surface area (Å²) in [6.45, 7) is 0. The summed E-state index contributed by atoms with van der Waals surface area (Å²) in [6.07, 6.45) is 0.651. The van der Waals surface area contributed by atoms with Crippen LogP contribution >= 0.6 is 27.3 Å². The molecule has 1 heterocycles. The minimum absolute atomic E-state index is 0.331. The summed E-state index contributed by atoms with van der Waals surface area (Å²) in [7, 11) is 0. The van der Waals surface area contributed by atoms with Crippen molar-refractivity contribution in [2.24, 2.45) is 4.99 Å². The fourth-order valence-corrected chi connectivity index (χ4v) is 5.15. The average molecular weight is 575 g/mol. The molecule has 1 unspecified atom stereocenters. The van der Waals surface area contributed by atoms with Gasteiger partial charge in [0.1, 0.15) is 0 Å². The molecule has 2 aromatic carbocycles. The second-order valence-electron chi connectivity index (χ2n) is 5.12. The first-order valence-corrected chi connectivity index (χ1v) is 10.6. The predicted octanol–water partition coefficient (Wildman–Crippen LogP) is 4.71. The van der Waals surface area contributed by atoms with Gasteiger partial charge in [0.05, 0.1) is 0 Å². The van der Waals surface area contributed by atoms with Gasteiger partial charge in [0.2, 0.25) is 0 Å². The number of hydrogen-bond acceptors (Lipinski definition) is 3. The Kier molecular flexibility index (Phi) is 5.62. The number of fused-ring (bicyclic) bond motifs is 1. The molecular formula is C18H12BrN2PbS. The number of nitriles is 1. The second-order valence-corrected chi connectivity index (χ2v) is 9.42. The molecule has 0 aliphatic carbocycles. The van der Waals surface area contributed by atoms with Gasteiger partial charge in [-0.15, -0.1) is 0 Å². The van der Waals surface area contributed by atoms with Crippen molar-refractivity contribution in [3.63, 3.8) is 0 Å². The van der Waals surface area contributed by atoms with E-state index in [0.717, 1.165) is 44.0 Å². The van der Waals surface area contributed by atoms with Crippen LogP contribution < -0.4 is 0 Å². The molecule has 3 radical (unpaired) electrons. The Bertz CT molecular complexity index is 896. The molecule has 0 saturated heterocycles. The molecule has 2 nitrogen and oxygen atoms in total. The van der Waals surface area contributed by atoms with Crippen molar-refractivity contribution in [1.82, 2.24) is 0 Å². The van der Waals surface area contributed by atoms with E-state index in [4.69, 9.17) is 0 Å². The summed E-state index contributed by atoms with van der Waals surface area (Å²) < 4.78 is 3.42. The van der Waals surface area contributed by atoms with Gasteiger partial charge in [0, 0.05) is 0 Å². The van der Waals surface area contributed by atoms with E-state index >= 15 is 0 Å². The molecule has 0 aliphatic heterocycles. The van der Waals surface area contributed by atoms with Crippen LogP contribution in [0.5, 0.6) is 0 Å². The summed E-state index contributed by atoms with van der Waals surface area (Å²) in [5.74, 6) is 0. The third-order valence-corrected chi connectivity index (χ3v) is 6.70. The molecule has 0 amide bonds. The van der Waals surface area contributed by atoms with Gasteiger partial charge in [-0.05, 0) is 0 Å². The van der Waals surface area contributed by atoms with Gasteiger partial charge in [-0.25, -0.2) is 0 Å². The van der Waals surface area contributed by atoms with Crippen LogP contribution in [0.15, 0.2) is 63.4 Å². The summed E-state index contributed by atoms with van der Waals surface area (Å²) in [6, 6.07) is 20.6. The van der Waals surface area contributed by atoms with Gasteiger partial charge in [0.15, 0.2) is 0 Å². The van der Waals surface area contributed by atoms with E-state index in [1.54, 1.807) is 11.3 Å². The molecule has 0 fully saturated rings. The van der Waals surface area contributed by atoms with Gasteiger partial charge in [-0.1, -0.05) is 0 Å². The zero-order chi connectivity index (χ0) is 16.2. The molecular weight excluding hydrogens is 563 g/mol. The van der Waals surface area contributed by atoms with E-state index in [2.05, 4.69) is 63.4 Å². The maximum atomic E-state index is 9.45. The molecule has 0 bridgehead atoms. The van der Waals surface area contributed by atoms with Crippen molar-refractivity contribution in [1.29, 1.82) is 5.26 Å². The molecule has 23 heavy (non-hydrogen) atoms. The molecule has 0 saturated carbocycles. The van der Waals surface area contributed by atoms with Crippen LogP contribution in [-0.4, -0.2) is 35.1 Å². The Hall–Kier alpha value is -1.04. The normalized spacial score (nSPS) is 13.0. The first kappa shape index (κ1) is 16.8. The van der Waals surface area contributed by atoms with Gasteiger partial charge < -0.3 is 0 Å². The van der Waals surface area contributed by atoms with Crippen molar-refractivity contribution in [2.45, 2.75) is 12.5 Å². The van der Waals surface area contributed by atoms with E-state index in [1.807, 2.05) is 18.2 Å². The first-order chi connectivity index (χ1) is 11.2. The fourth-order valence-electron chi connectivity index (χ4n) is 2.36. The third kappa shape index (κ3) is 4.28. The van der Waals surface area contributed by atoms with E-state index in [1.165, 1.54) is 10.1 Å². The second kappa shape index (κ2) is 7.69. The van der Waals surface area contributed by atoms with Crippen LogP contribution in [-0.2, 0) is 6.42 Å². The van der Waals surface area contributed by atoms with Crippen LogP contribution in [0.2, 0.25) is 0 Å². The van der Waals surface area contributed by atoms with E-state index in [-0.39, 0.29) is 6.04 Å². The van der Waals surface area contributed by atoms with E-state index in [0.29, 0.717) is 6.42 Å². The standard InChI is InChI=1S/C18H12BrN2S.Pb/c19-18-10-15-8-14(6-7-17(15)22-18)9-16(11-20)21-12-13-4-2-1-3-5-13;/h1-8,10,16H,9H2;. The van der Waals surface area contributed by atoms with Gasteiger partial charge in [-0.2, -0.15) is 0 Å². The predicted molar refractivity (Wildman–Crippen MR) is 101 cm³/mol. The van der Waals surface area contributed by atoms with Crippen molar-refractivity contribution in [3.05, 3.63) is 69.5 Å². The number of rotatable bonds is 4. The number of thiophene rings is 1. The third-order valence-electron chi connectivity index (χ3n) is 3.46. The summed E-state index contributed by atoms with van der Waals surface area (Å²) in [4.78, 5) is 4.66. The topological polar surface area (TPSA) is 36.1 Å². The van der Waals surface area contributed by atoms with Crippen LogP contribution in [0.3, 0.4) is 0 Å². The zero-order valence-corrected chi connectivity index (χ0v) is 18.5. The number of aliphatic imine (C=N–C) groups is 1. The minimum atomic E-state index is -0.331. The van der Waals surface area contributed by atoms with E-state index < -0.39 is 0 Å². The Balaban J connectivity index is 1.82. The molecule has 1 atom stereocenters. The molecule has 3 aromatic rings. The van der Waals surface area contributed by atoms with Crippen LogP contribution in [0.25, 0.3) is 10.1 Å². The zero-order valence-electron chi connectivity index (χ0n) is 12.2. The maximum absolute atomic E-state index is 9.45. The fraction of sp³-hybridized carbons (Fsp3) is 0.111. The molecule has 5 heteroatoms. The number of benzene rings is 2. The van der Waals surface area contributed by atoms with Gasteiger partial charge in [-0.3, -0.25) is 0 Å². The van der Waals surface area contributed by atoms with Gasteiger partial charge >= 0.3 is 165 Å². The van der Waals surface area contributed by atoms with E-state index in [9.17, 15) is 5.26 Å². The molecule has 1 aromatic heterocycles.